The van der Waals surface area contributed by atoms with Crippen molar-refractivity contribution in [3.63, 3.8) is 0 Å². The van der Waals surface area contributed by atoms with Gasteiger partial charge in [0.1, 0.15) is 6.26 Å². The fourth-order valence-electron chi connectivity index (χ4n) is 3.16. The van der Waals surface area contributed by atoms with Crippen LogP contribution in [0.15, 0.2) is 64.1 Å². The SMILES string of the molecule is O=C(c1ccc(=O)[nH]c1)N1CCN(Cc2coc(-c3ccccc3)n2)CC1. The fraction of sp³-hybridized carbons (Fsp3) is 0.250. The highest BCUT2D eigenvalue weighted by Crippen LogP contribution is 2.19. The van der Waals surface area contributed by atoms with Crippen LogP contribution in [0.1, 0.15) is 16.1 Å². The van der Waals surface area contributed by atoms with E-state index in [0.29, 0.717) is 31.1 Å². The lowest BCUT2D eigenvalue weighted by Crippen LogP contribution is -2.48. The second kappa shape index (κ2) is 7.59. The summed E-state index contributed by atoms with van der Waals surface area (Å²) in [6.45, 7) is 3.50. The van der Waals surface area contributed by atoms with Crippen LogP contribution in [-0.2, 0) is 6.54 Å². The molecular weight excluding hydrogens is 344 g/mol. The number of hydrogen-bond donors (Lipinski definition) is 1. The number of oxazole rings is 1. The number of amides is 1. The first-order chi connectivity index (χ1) is 13.2. The lowest BCUT2D eigenvalue weighted by molar-refractivity contribution is 0.0626. The zero-order chi connectivity index (χ0) is 18.6. The summed E-state index contributed by atoms with van der Waals surface area (Å²) in [6.07, 6.45) is 3.16. The van der Waals surface area contributed by atoms with Gasteiger partial charge in [0, 0.05) is 50.6 Å². The van der Waals surface area contributed by atoms with E-state index < -0.39 is 0 Å². The second-order valence-corrected chi connectivity index (χ2v) is 6.52. The molecule has 1 aromatic carbocycles. The van der Waals surface area contributed by atoms with Gasteiger partial charge in [0.25, 0.3) is 5.91 Å². The van der Waals surface area contributed by atoms with Gasteiger partial charge in [-0.15, -0.1) is 0 Å². The van der Waals surface area contributed by atoms with Gasteiger partial charge in [-0.2, -0.15) is 0 Å². The quantitative estimate of drug-likeness (QED) is 0.766. The van der Waals surface area contributed by atoms with E-state index in [1.165, 1.54) is 12.3 Å². The van der Waals surface area contributed by atoms with Gasteiger partial charge in [0.2, 0.25) is 11.4 Å². The van der Waals surface area contributed by atoms with E-state index in [9.17, 15) is 9.59 Å². The topological polar surface area (TPSA) is 82.4 Å². The lowest BCUT2D eigenvalue weighted by atomic mass is 10.2. The summed E-state index contributed by atoms with van der Waals surface area (Å²) in [5, 5.41) is 0. The third kappa shape index (κ3) is 3.98. The minimum Gasteiger partial charge on any atom is -0.444 e. The molecule has 0 saturated carbocycles. The summed E-state index contributed by atoms with van der Waals surface area (Å²) in [5.41, 5.74) is 2.14. The normalized spacial score (nSPS) is 15.0. The van der Waals surface area contributed by atoms with Crippen LogP contribution in [0.2, 0.25) is 0 Å². The third-order valence-corrected chi connectivity index (χ3v) is 4.65. The molecule has 0 spiro atoms. The van der Waals surface area contributed by atoms with Crippen LogP contribution < -0.4 is 5.56 Å². The van der Waals surface area contributed by atoms with Crippen LogP contribution in [0.5, 0.6) is 0 Å². The number of piperazine rings is 1. The smallest absolute Gasteiger partial charge is 0.255 e. The predicted octanol–water partition coefficient (Wildman–Crippen LogP) is 1.99. The Bertz CT molecular complexity index is 952. The summed E-state index contributed by atoms with van der Waals surface area (Å²) in [6, 6.07) is 12.7. The van der Waals surface area contributed by atoms with E-state index in [1.54, 1.807) is 12.3 Å². The van der Waals surface area contributed by atoms with E-state index in [2.05, 4.69) is 14.9 Å². The van der Waals surface area contributed by atoms with Crippen LogP contribution in [0.3, 0.4) is 0 Å². The van der Waals surface area contributed by atoms with Crippen LogP contribution in [0, 0.1) is 0 Å². The molecule has 0 aliphatic carbocycles. The van der Waals surface area contributed by atoms with E-state index >= 15 is 0 Å². The summed E-state index contributed by atoms with van der Waals surface area (Å²) in [4.78, 5) is 34.8. The summed E-state index contributed by atoms with van der Waals surface area (Å²) >= 11 is 0. The molecule has 0 atom stereocenters. The van der Waals surface area contributed by atoms with Gasteiger partial charge in [-0.25, -0.2) is 4.98 Å². The number of aromatic nitrogens is 2. The first-order valence-electron chi connectivity index (χ1n) is 8.89. The van der Waals surface area contributed by atoms with Crippen molar-refractivity contribution in [2.45, 2.75) is 6.54 Å². The Kier molecular flexibility index (Phi) is 4.84. The molecule has 0 unspecified atom stereocenters. The molecule has 0 bridgehead atoms. The number of carbonyl (C=O) groups is 1. The van der Waals surface area contributed by atoms with Crippen LogP contribution >= 0.6 is 0 Å². The van der Waals surface area contributed by atoms with Gasteiger partial charge in [0.05, 0.1) is 11.3 Å². The minimum atomic E-state index is -0.209. The van der Waals surface area contributed by atoms with Gasteiger partial charge >= 0.3 is 0 Å². The van der Waals surface area contributed by atoms with Gasteiger partial charge < -0.3 is 14.3 Å². The highest BCUT2D eigenvalue weighted by atomic mass is 16.3. The Labute approximate surface area is 156 Å². The number of H-pyrrole nitrogens is 1. The third-order valence-electron chi connectivity index (χ3n) is 4.65. The number of benzene rings is 1. The van der Waals surface area contributed by atoms with Crippen molar-refractivity contribution in [1.29, 1.82) is 0 Å². The number of nitrogens with one attached hydrogen (secondary N) is 1. The number of pyridine rings is 1. The standard InChI is InChI=1S/C20H20N4O3/c25-18-7-6-16(12-21-18)20(26)24-10-8-23(9-11-24)13-17-14-27-19(22-17)15-4-2-1-3-5-15/h1-7,12,14H,8-11,13H2,(H,21,25). The van der Waals surface area contributed by atoms with Crippen LogP contribution in [0.4, 0.5) is 0 Å². The van der Waals surface area contributed by atoms with E-state index in [1.807, 2.05) is 35.2 Å². The van der Waals surface area contributed by atoms with Crippen molar-refractivity contribution in [2.75, 3.05) is 26.2 Å². The molecule has 138 valence electrons. The second-order valence-electron chi connectivity index (χ2n) is 6.52. The molecule has 0 radical (unpaired) electrons. The highest BCUT2D eigenvalue weighted by molar-refractivity contribution is 5.93. The highest BCUT2D eigenvalue weighted by Gasteiger charge is 2.23. The van der Waals surface area contributed by atoms with Crippen molar-refractivity contribution in [1.82, 2.24) is 19.8 Å². The van der Waals surface area contributed by atoms with Gasteiger partial charge in [-0.1, -0.05) is 18.2 Å². The number of aromatic amines is 1. The summed E-state index contributed by atoms with van der Waals surface area (Å²) in [5.74, 6) is 0.566. The molecule has 1 N–H and O–H groups in total. The summed E-state index contributed by atoms with van der Waals surface area (Å²) < 4.78 is 5.59. The van der Waals surface area contributed by atoms with E-state index in [4.69, 9.17) is 4.42 Å². The molecular formula is C20H20N4O3. The molecule has 1 aliphatic rings. The molecule has 7 nitrogen and oxygen atoms in total. The van der Waals surface area contributed by atoms with Crippen molar-refractivity contribution in [3.05, 3.63) is 76.5 Å². The van der Waals surface area contributed by atoms with Crippen molar-refractivity contribution in [3.8, 4) is 11.5 Å². The van der Waals surface area contributed by atoms with Crippen LogP contribution in [-0.4, -0.2) is 51.9 Å². The average molecular weight is 364 g/mol. The Hall–Kier alpha value is -3.19. The zero-order valence-corrected chi connectivity index (χ0v) is 14.8. The van der Waals surface area contributed by atoms with E-state index in [-0.39, 0.29) is 11.5 Å². The maximum absolute atomic E-state index is 12.5. The average Bonchev–Trinajstić information content (AvgIpc) is 3.18. The minimum absolute atomic E-state index is 0.0568. The molecule has 7 heteroatoms. The van der Waals surface area contributed by atoms with E-state index in [0.717, 1.165) is 24.3 Å². The van der Waals surface area contributed by atoms with Gasteiger partial charge in [0.15, 0.2) is 0 Å². The first kappa shape index (κ1) is 17.2. The lowest BCUT2D eigenvalue weighted by Gasteiger charge is -2.34. The Morgan fingerprint density at radius 1 is 1.07 bits per heavy atom. The number of rotatable bonds is 4. The molecule has 1 amide bonds. The van der Waals surface area contributed by atoms with Crippen molar-refractivity contribution >= 4 is 5.91 Å². The maximum atomic E-state index is 12.5. The Morgan fingerprint density at radius 2 is 1.85 bits per heavy atom. The zero-order valence-electron chi connectivity index (χ0n) is 14.8. The molecule has 27 heavy (non-hydrogen) atoms. The predicted molar refractivity (Wildman–Crippen MR) is 100 cm³/mol. The number of carbonyl (C=O) groups excluding carboxylic acids is 1. The molecule has 2 aromatic heterocycles. The molecule has 1 fully saturated rings. The van der Waals surface area contributed by atoms with Crippen molar-refractivity contribution in [2.24, 2.45) is 0 Å². The van der Waals surface area contributed by atoms with Crippen LogP contribution in [0.25, 0.3) is 11.5 Å². The number of hydrogen-bond acceptors (Lipinski definition) is 5. The first-order valence-corrected chi connectivity index (χ1v) is 8.89. The Morgan fingerprint density at radius 3 is 2.56 bits per heavy atom. The summed E-state index contributed by atoms with van der Waals surface area (Å²) in [7, 11) is 0. The molecule has 1 aliphatic heterocycles. The molecule has 3 aromatic rings. The molecule has 4 rings (SSSR count). The Balaban J connectivity index is 1.33. The van der Waals surface area contributed by atoms with Gasteiger partial charge in [-0.05, 0) is 18.2 Å². The monoisotopic (exact) mass is 364 g/mol. The van der Waals surface area contributed by atoms with Crippen molar-refractivity contribution < 1.29 is 9.21 Å². The van der Waals surface area contributed by atoms with Gasteiger partial charge in [-0.3, -0.25) is 14.5 Å². The fourth-order valence-corrected chi connectivity index (χ4v) is 3.16. The molecule has 3 heterocycles. The maximum Gasteiger partial charge on any atom is 0.255 e. The molecule has 1 saturated heterocycles. The largest absolute Gasteiger partial charge is 0.444 e. The number of nitrogens with zero attached hydrogens (tertiary/aromatic N) is 3.